The Labute approximate surface area is 115 Å². The smallest absolute Gasteiger partial charge is 0.166 e. The molecule has 0 aliphatic carbocycles. The number of benzene rings is 1. The summed E-state index contributed by atoms with van der Waals surface area (Å²) in [4.78, 5) is 0. The Kier molecular flexibility index (Phi) is 5.92. The van der Waals surface area contributed by atoms with E-state index in [1.807, 2.05) is 7.05 Å². The lowest BCUT2D eigenvalue weighted by Crippen LogP contribution is -2.33. The zero-order valence-corrected chi connectivity index (χ0v) is 12.4. The Hall–Kier alpha value is -1.29. The maximum Gasteiger partial charge on any atom is 0.166 e. The van der Waals surface area contributed by atoms with Crippen LogP contribution in [0, 0.1) is 20.8 Å². The van der Waals surface area contributed by atoms with Crippen molar-refractivity contribution in [3.8, 4) is 5.75 Å². The van der Waals surface area contributed by atoms with Crippen LogP contribution in [0.25, 0.3) is 0 Å². The molecule has 0 radical (unpaired) electrons. The first-order chi connectivity index (χ1) is 8.54. The summed E-state index contributed by atoms with van der Waals surface area (Å²) in [6.45, 7) is 7.82. The van der Waals surface area contributed by atoms with E-state index in [-0.39, 0.29) is 0 Å². The van der Waals surface area contributed by atoms with Gasteiger partial charge in [0, 0.05) is 13.6 Å². The molecular formula is C14H22N2OS. The zero-order valence-electron chi connectivity index (χ0n) is 11.6. The first-order valence-electron chi connectivity index (χ1n) is 6.21. The normalized spacial score (nSPS) is 10.0. The predicted molar refractivity (Wildman–Crippen MR) is 80.4 cm³/mol. The second kappa shape index (κ2) is 7.21. The van der Waals surface area contributed by atoms with E-state index in [1.165, 1.54) is 16.7 Å². The van der Waals surface area contributed by atoms with Crippen molar-refractivity contribution >= 4 is 17.3 Å². The first kappa shape index (κ1) is 14.8. The van der Waals surface area contributed by atoms with Gasteiger partial charge in [0.05, 0.1) is 6.61 Å². The molecule has 3 nitrogen and oxygen atoms in total. The van der Waals surface area contributed by atoms with E-state index < -0.39 is 0 Å². The topological polar surface area (TPSA) is 33.3 Å². The molecule has 0 aliphatic heterocycles. The van der Waals surface area contributed by atoms with Gasteiger partial charge in [0.25, 0.3) is 0 Å². The molecule has 18 heavy (non-hydrogen) atoms. The number of hydrogen-bond acceptors (Lipinski definition) is 2. The van der Waals surface area contributed by atoms with Gasteiger partial charge in [0.1, 0.15) is 5.75 Å². The van der Waals surface area contributed by atoms with Crippen LogP contribution < -0.4 is 15.4 Å². The van der Waals surface area contributed by atoms with Crippen molar-refractivity contribution in [3.63, 3.8) is 0 Å². The highest BCUT2D eigenvalue weighted by molar-refractivity contribution is 7.80. The minimum absolute atomic E-state index is 0.678. The average Bonchev–Trinajstić information content (AvgIpc) is 2.34. The molecule has 1 aromatic carbocycles. The van der Waals surface area contributed by atoms with Crippen LogP contribution in [-0.2, 0) is 0 Å². The molecule has 0 saturated heterocycles. The van der Waals surface area contributed by atoms with Crippen LogP contribution in [0.2, 0.25) is 0 Å². The maximum atomic E-state index is 5.81. The van der Waals surface area contributed by atoms with Gasteiger partial charge in [-0.05, 0) is 62.2 Å². The van der Waals surface area contributed by atoms with E-state index in [4.69, 9.17) is 17.0 Å². The Morgan fingerprint density at radius 1 is 1.28 bits per heavy atom. The molecule has 0 amide bonds. The Morgan fingerprint density at radius 3 is 2.67 bits per heavy atom. The van der Waals surface area contributed by atoms with Crippen LogP contribution in [-0.4, -0.2) is 25.3 Å². The van der Waals surface area contributed by atoms with E-state index in [1.54, 1.807) is 0 Å². The number of hydrogen-bond donors (Lipinski definition) is 2. The van der Waals surface area contributed by atoms with Gasteiger partial charge in [-0.25, -0.2) is 0 Å². The molecule has 0 spiro atoms. The maximum absolute atomic E-state index is 5.81. The summed E-state index contributed by atoms with van der Waals surface area (Å²) in [6, 6.07) is 4.27. The van der Waals surface area contributed by atoms with Crippen LogP contribution in [0.15, 0.2) is 12.1 Å². The second-order valence-electron chi connectivity index (χ2n) is 4.41. The van der Waals surface area contributed by atoms with Gasteiger partial charge < -0.3 is 15.4 Å². The summed E-state index contributed by atoms with van der Waals surface area (Å²) >= 11 is 4.99. The fourth-order valence-corrected chi connectivity index (χ4v) is 1.80. The van der Waals surface area contributed by atoms with Crippen LogP contribution in [0.5, 0.6) is 5.75 Å². The summed E-state index contributed by atoms with van der Waals surface area (Å²) in [6.07, 6.45) is 0.925. The zero-order chi connectivity index (χ0) is 13.5. The Bertz CT molecular complexity index is 419. The van der Waals surface area contributed by atoms with Crippen molar-refractivity contribution in [1.82, 2.24) is 10.6 Å². The van der Waals surface area contributed by atoms with Gasteiger partial charge in [-0.2, -0.15) is 0 Å². The minimum atomic E-state index is 0.678. The molecule has 0 heterocycles. The largest absolute Gasteiger partial charge is 0.493 e. The van der Waals surface area contributed by atoms with Crippen molar-refractivity contribution in [2.75, 3.05) is 20.2 Å². The molecular weight excluding hydrogens is 244 g/mol. The third-order valence-corrected chi connectivity index (χ3v) is 3.20. The van der Waals surface area contributed by atoms with E-state index in [9.17, 15) is 0 Å². The Morgan fingerprint density at radius 2 is 2.00 bits per heavy atom. The quantitative estimate of drug-likeness (QED) is 0.633. The Balaban J connectivity index is 2.38. The predicted octanol–water partition coefficient (Wildman–Crippen LogP) is 2.47. The van der Waals surface area contributed by atoms with Crippen molar-refractivity contribution in [3.05, 3.63) is 28.8 Å². The monoisotopic (exact) mass is 266 g/mol. The second-order valence-corrected chi connectivity index (χ2v) is 4.82. The van der Waals surface area contributed by atoms with E-state index >= 15 is 0 Å². The lowest BCUT2D eigenvalue weighted by molar-refractivity contribution is 0.309. The highest BCUT2D eigenvalue weighted by Crippen LogP contribution is 2.23. The van der Waals surface area contributed by atoms with E-state index in [0.29, 0.717) is 11.7 Å². The summed E-state index contributed by atoms with van der Waals surface area (Å²) < 4.78 is 5.81. The molecule has 1 rings (SSSR count). The molecule has 0 unspecified atom stereocenters. The van der Waals surface area contributed by atoms with Crippen molar-refractivity contribution in [1.29, 1.82) is 0 Å². The van der Waals surface area contributed by atoms with Crippen LogP contribution in [0.4, 0.5) is 0 Å². The average molecular weight is 266 g/mol. The molecule has 1 aromatic rings. The standard InChI is InChI=1S/C14H22N2OS/c1-10-8-11(2)12(3)13(9-10)17-7-5-6-16-14(18)15-4/h8-9H,5-7H2,1-4H3,(H2,15,16,18). The number of aryl methyl sites for hydroxylation is 2. The first-order valence-corrected chi connectivity index (χ1v) is 6.61. The summed E-state index contributed by atoms with van der Waals surface area (Å²) in [7, 11) is 1.81. The van der Waals surface area contributed by atoms with E-state index in [0.717, 1.165) is 18.7 Å². The van der Waals surface area contributed by atoms with Crippen molar-refractivity contribution in [2.45, 2.75) is 27.2 Å². The minimum Gasteiger partial charge on any atom is -0.493 e. The lowest BCUT2D eigenvalue weighted by atomic mass is 10.1. The molecule has 0 aromatic heterocycles. The highest BCUT2D eigenvalue weighted by Gasteiger charge is 2.03. The SMILES string of the molecule is CNC(=S)NCCCOc1cc(C)cc(C)c1C. The van der Waals surface area contributed by atoms with Gasteiger partial charge >= 0.3 is 0 Å². The van der Waals surface area contributed by atoms with Gasteiger partial charge in [0.2, 0.25) is 0 Å². The third-order valence-electron chi connectivity index (χ3n) is 2.86. The fourth-order valence-electron chi connectivity index (χ4n) is 1.70. The van der Waals surface area contributed by atoms with Crippen LogP contribution >= 0.6 is 12.2 Å². The van der Waals surface area contributed by atoms with Gasteiger partial charge in [0.15, 0.2) is 5.11 Å². The van der Waals surface area contributed by atoms with E-state index in [2.05, 4.69) is 43.5 Å². The van der Waals surface area contributed by atoms with Gasteiger partial charge in [-0.15, -0.1) is 0 Å². The number of thiocarbonyl (C=S) groups is 1. The van der Waals surface area contributed by atoms with Gasteiger partial charge in [-0.3, -0.25) is 0 Å². The molecule has 2 N–H and O–H groups in total. The number of ether oxygens (including phenoxy) is 1. The fraction of sp³-hybridized carbons (Fsp3) is 0.500. The lowest BCUT2D eigenvalue weighted by Gasteiger charge is -2.13. The van der Waals surface area contributed by atoms with Crippen LogP contribution in [0.3, 0.4) is 0 Å². The highest BCUT2D eigenvalue weighted by atomic mass is 32.1. The summed E-state index contributed by atoms with van der Waals surface area (Å²) in [5.41, 5.74) is 3.74. The molecule has 0 saturated carbocycles. The number of nitrogens with one attached hydrogen (secondary N) is 2. The molecule has 100 valence electrons. The summed E-state index contributed by atoms with van der Waals surface area (Å²) in [5.74, 6) is 0.990. The van der Waals surface area contributed by atoms with Crippen molar-refractivity contribution in [2.24, 2.45) is 0 Å². The molecule has 0 aliphatic rings. The van der Waals surface area contributed by atoms with Crippen molar-refractivity contribution < 1.29 is 4.74 Å². The van der Waals surface area contributed by atoms with Gasteiger partial charge in [-0.1, -0.05) is 6.07 Å². The number of rotatable bonds is 5. The molecule has 4 heteroatoms. The third kappa shape index (κ3) is 4.53. The molecule has 0 bridgehead atoms. The molecule has 0 atom stereocenters. The summed E-state index contributed by atoms with van der Waals surface area (Å²) in [5, 5.41) is 6.65. The van der Waals surface area contributed by atoms with Crippen LogP contribution in [0.1, 0.15) is 23.1 Å². The molecule has 0 fully saturated rings.